The number of hydrogen-bond acceptors (Lipinski definition) is 3. The molecule has 0 aromatic heterocycles. The Morgan fingerprint density at radius 1 is 1.12 bits per heavy atom. The second-order valence-corrected chi connectivity index (χ2v) is 7.20. The molecule has 0 N–H and O–H groups in total. The second kappa shape index (κ2) is 8.49. The Labute approximate surface area is 145 Å². The molecule has 6 heteroatoms. The first kappa shape index (κ1) is 18.7. The second-order valence-electron chi connectivity index (χ2n) is 7.20. The molecule has 6 nitrogen and oxygen atoms in total. The zero-order chi connectivity index (χ0) is 17.7. The van der Waals surface area contributed by atoms with Crippen LogP contribution in [0, 0.1) is 5.92 Å². The van der Waals surface area contributed by atoms with E-state index in [1.165, 1.54) is 0 Å². The van der Waals surface area contributed by atoms with Gasteiger partial charge in [0.2, 0.25) is 17.7 Å². The van der Waals surface area contributed by atoms with Gasteiger partial charge in [-0.15, -0.1) is 0 Å². The molecule has 3 amide bonds. The Bertz CT molecular complexity index is 478. The maximum Gasteiger partial charge on any atom is 0.228 e. The minimum absolute atomic E-state index is 0.0781. The Kier molecular flexibility index (Phi) is 6.63. The summed E-state index contributed by atoms with van der Waals surface area (Å²) >= 11 is 0. The van der Waals surface area contributed by atoms with Crippen molar-refractivity contribution in [2.75, 3.05) is 32.7 Å². The largest absolute Gasteiger partial charge is 0.341 e. The highest BCUT2D eigenvalue weighted by Gasteiger charge is 2.37. The van der Waals surface area contributed by atoms with E-state index in [-0.39, 0.29) is 29.7 Å². The van der Waals surface area contributed by atoms with Crippen LogP contribution in [0.3, 0.4) is 0 Å². The summed E-state index contributed by atoms with van der Waals surface area (Å²) in [7, 11) is 0. The molecule has 2 fully saturated rings. The lowest BCUT2D eigenvalue weighted by atomic mass is 10.1. The minimum Gasteiger partial charge on any atom is -0.341 e. The van der Waals surface area contributed by atoms with Crippen LogP contribution in [0.2, 0.25) is 0 Å². The topological polar surface area (TPSA) is 60.9 Å². The molecule has 24 heavy (non-hydrogen) atoms. The summed E-state index contributed by atoms with van der Waals surface area (Å²) < 4.78 is 0. The van der Waals surface area contributed by atoms with Crippen molar-refractivity contribution in [3.8, 4) is 0 Å². The first-order chi connectivity index (χ1) is 11.4. The highest BCUT2D eigenvalue weighted by molar-refractivity contribution is 5.89. The van der Waals surface area contributed by atoms with E-state index in [1.54, 1.807) is 4.90 Å². The standard InChI is InChI=1S/C18H31N3O3/c1-4-5-7-16(22)19-8-6-9-20(11-10-19)18(24)15-12-17(23)21(13-15)14(2)3/h14-15H,4-13H2,1-3H3. The third-order valence-corrected chi connectivity index (χ3v) is 5.04. The van der Waals surface area contributed by atoms with Gasteiger partial charge in [0, 0.05) is 51.6 Å². The van der Waals surface area contributed by atoms with Crippen molar-refractivity contribution in [1.29, 1.82) is 0 Å². The number of carbonyl (C=O) groups is 3. The van der Waals surface area contributed by atoms with Gasteiger partial charge in [0.25, 0.3) is 0 Å². The molecular weight excluding hydrogens is 306 g/mol. The monoisotopic (exact) mass is 337 g/mol. The van der Waals surface area contributed by atoms with Crippen molar-refractivity contribution >= 4 is 17.7 Å². The maximum atomic E-state index is 12.8. The summed E-state index contributed by atoms with van der Waals surface area (Å²) in [6, 6.07) is 0.145. The molecule has 0 aliphatic carbocycles. The molecule has 2 heterocycles. The molecule has 2 rings (SSSR count). The predicted octanol–water partition coefficient (Wildman–Crippen LogP) is 1.49. The summed E-state index contributed by atoms with van der Waals surface area (Å²) in [5, 5.41) is 0. The van der Waals surface area contributed by atoms with Crippen LogP contribution < -0.4 is 0 Å². The third-order valence-electron chi connectivity index (χ3n) is 5.04. The number of hydrogen-bond donors (Lipinski definition) is 0. The number of nitrogens with zero attached hydrogens (tertiary/aromatic N) is 3. The lowest BCUT2D eigenvalue weighted by Gasteiger charge is -2.25. The van der Waals surface area contributed by atoms with Gasteiger partial charge in [-0.05, 0) is 26.7 Å². The Morgan fingerprint density at radius 2 is 1.79 bits per heavy atom. The van der Waals surface area contributed by atoms with Crippen LogP contribution in [0.1, 0.15) is 52.9 Å². The van der Waals surface area contributed by atoms with Gasteiger partial charge in [0.1, 0.15) is 0 Å². The summed E-state index contributed by atoms with van der Waals surface area (Å²) in [4.78, 5) is 42.5. The van der Waals surface area contributed by atoms with E-state index >= 15 is 0 Å². The number of carbonyl (C=O) groups excluding carboxylic acids is 3. The van der Waals surface area contributed by atoms with E-state index in [2.05, 4.69) is 6.92 Å². The van der Waals surface area contributed by atoms with Gasteiger partial charge in [-0.1, -0.05) is 13.3 Å². The van der Waals surface area contributed by atoms with Gasteiger partial charge in [0.05, 0.1) is 5.92 Å². The van der Waals surface area contributed by atoms with Crippen LogP contribution in [0.4, 0.5) is 0 Å². The van der Waals surface area contributed by atoms with Gasteiger partial charge in [-0.2, -0.15) is 0 Å². The van der Waals surface area contributed by atoms with Gasteiger partial charge >= 0.3 is 0 Å². The average Bonchev–Trinajstić information content (AvgIpc) is 2.79. The van der Waals surface area contributed by atoms with Crippen molar-refractivity contribution in [2.45, 2.75) is 58.9 Å². The molecule has 2 aliphatic heterocycles. The maximum absolute atomic E-state index is 12.8. The van der Waals surface area contributed by atoms with Gasteiger partial charge < -0.3 is 14.7 Å². The molecule has 1 unspecified atom stereocenters. The van der Waals surface area contributed by atoms with Gasteiger partial charge in [-0.25, -0.2) is 0 Å². The fourth-order valence-corrected chi connectivity index (χ4v) is 3.53. The van der Waals surface area contributed by atoms with E-state index in [4.69, 9.17) is 0 Å². The highest BCUT2D eigenvalue weighted by Crippen LogP contribution is 2.22. The molecule has 0 aromatic carbocycles. The Hall–Kier alpha value is -1.59. The van der Waals surface area contributed by atoms with Crippen LogP contribution in [0.15, 0.2) is 0 Å². The number of likely N-dealkylation sites (tertiary alicyclic amines) is 1. The lowest BCUT2D eigenvalue weighted by molar-refractivity contribution is -0.136. The molecule has 0 aromatic rings. The fraction of sp³-hybridized carbons (Fsp3) is 0.833. The van der Waals surface area contributed by atoms with Crippen LogP contribution in [0.25, 0.3) is 0 Å². The third kappa shape index (κ3) is 4.48. The van der Waals surface area contributed by atoms with E-state index in [0.717, 1.165) is 25.8 Å². The van der Waals surface area contributed by atoms with Crippen molar-refractivity contribution in [2.24, 2.45) is 5.92 Å². The SMILES string of the molecule is CCCCC(=O)N1CCCN(C(=O)C2CC(=O)N(C(C)C)C2)CC1. The van der Waals surface area contributed by atoms with E-state index in [9.17, 15) is 14.4 Å². The molecule has 2 saturated heterocycles. The van der Waals surface area contributed by atoms with Crippen LogP contribution >= 0.6 is 0 Å². The van der Waals surface area contributed by atoms with E-state index in [1.807, 2.05) is 23.6 Å². The molecular formula is C18H31N3O3. The minimum atomic E-state index is -0.220. The summed E-state index contributed by atoms with van der Waals surface area (Å²) in [5.74, 6) is 0.138. The van der Waals surface area contributed by atoms with Gasteiger partial charge in [0.15, 0.2) is 0 Å². The lowest BCUT2D eigenvalue weighted by Crippen LogP contribution is -2.41. The molecule has 1 atom stereocenters. The molecule has 136 valence electrons. The van der Waals surface area contributed by atoms with Crippen molar-refractivity contribution in [3.05, 3.63) is 0 Å². The quantitative estimate of drug-likeness (QED) is 0.764. The molecule has 0 bridgehead atoms. The highest BCUT2D eigenvalue weighted by atomic mass is 16.2. The van der Waals surface area contributed by atoms with Crippen molar-refractivity contribution in [1.82, 2.24) is 14.7 Å². The van der Waals surface area contributed by atoms with Crippen molar-refractivity contribution in [3.63, 3.8) is 0 Å². The zero-order valence-corrected chi connectivity index (χ0v) is 15.3. The van der Waals surface area contributed by atoms with Crippen molar-refractivity contribution < 1.29 is 14.4 Å². The van der Waals surface area contributed by atoms with Gasteiger partial charge in [-0.3, -0.25) is 14.4 Å². The average molecular weight is 337 g/mol. The van der Waals surface area contributed by atoms with Crippen LogP contribution in [0.5, 0.6) is 0 Å². The Morgan fingerprint density at radius 3 is 2.42 bits per heavy atom. The van der Waals surface area contributed by atoms with Crippen LogP contribution in [-0.4, -0.2) is 71.2 Å². The summed E-state index contributed by atoms with van der Waals surface area (Å²) in [6.45, 7) is 9.19. The summed E-state index contributed by atoms with van der Waals surface area (Å²) in [5.41, 5.74) is 0. The first-order valence-electron chi connectivity index (χ1n) is 9.30. The molecule has 0 radical (unpaired) electrons. The molecule has 2 aliphatic rings. The van der Waals surface area contributed by atoms with E-state index < -0.39 is 0 Å². The first-order valence-corrected chi connectivity index (χ1v) is 9.30. The number of amides is 3. The Balaban J connectivity index is 1.88. The number of unbranched alkanes of at least 4 members (excludes halogenated alkanes) is 1. The van der Waals surface area contributed by atoms with Crippen LogP contribution in [-0.2, 0) is 14.4 Å². The summed E-state index contributed by atoms with van der Waals surface area (Å²) in [6.07, 6.45) is 3.69. The smallest absolute Gasteiger partial charge is 0.228 e. The number of rotatable bonds is 5. The normalized spacial score (nSPS) is 22.2. The van der Waals surface area contributed by atoms with E-state index in [0.29, 0.717) is 39.0 Å². The molecule has 0 spiro atoms. The fourth-order valence-electron chi connectivity index (χ4n) is 3.53. The predicted molar refractivity (Wildman–Crippen MR) is 92.3 cm³/mol. The molecule has 0 saturated carbocycles. The zero-order valence-electron chi connectivity index (χ0n) is 15.3.